The van der Waals surface area contributed by atoms with Gasteiger partial charge in [-0.3, -0.25) is 4.79 Å². The molecule has 3 nitrogen and oxygen atoms in total. The molecule has 4 heteroatoms. The third-order valence-electron chi connectivity index (χ3n) is 2.91. The number of nitrogens with two attached hydrogens (primary N) is 1. The average molecular weight is 222 g/mol. The Balaban J connectivity index is 2.23. The van der Waals surface area contributed by atoms with Crippen molar-refractivity contribution in [1.82, 2.24) is 5.32 Å². The molecule has 1 aromatic carbocycles. The number of halogens is 1. The van der Waals surface area contributed by atoms with Crippen molar-refractivity contribution >= 4 is 5.91 Å². The summed E-state index contributed by atoms with van der Waals surface area (Å²) in [5, 5.41) is 2.87. The third kappa shape index (κ3) is 2.22. The molecular formula is C12H15FN2O. The molecule has 0 aliphatic carbocycles. The lowest BCUT2D eigenvalue weighted by Gasteiger charge is -2.28. The van der Waals surface area contributed by atoms with E-state index in [1.165, 1.54) is 6.07 Å². The number of amides is 1. The van der Waals surface area contributed by atoms with Crippen molar-refractivity contribution in [2.24, 2.45) is 5.73 Å². The van der Waals surface area contributed by atoms with Crippen LogP contribution in [-0.2, 0) is 4.79 Å². The Kier molecular flexibility index (Phi) is 2.92. The van der Waals surface area contributed by atoms with E-state index in [9.17, 15) is 9.18 Å². The first-order chi connectivity index (χ1) is 7.56. The van der Waals surface area contributed by atoms with Crippen molar-refractivity contribution in [2.45, 2.75) is 31.8 Å². The van der Waals surface area contributed by atoms with Crippen LogP contribution >= 0.6 is 0 Å². The molecule has 0 spiro atoms. The minimum atomic E-state index is -0.227. The van der Waals surface area contributed by atoms with Crippen LogP contribution in [0.1, 0.15) is 30.0 Å². The third-order valence-corrected chi connectivity index (χ3v) is 2.91. The number of piperidine rings is 1. The Labute approximate surface area is 93.8 Å². The van der Waals surface area contributed by atoms with E-state index in [1.54, 1.807) is 19.1 Å². The summed E-state index contributed by atoms with van der Waals surface area (Å²) < 4.78 is 13.1. The number of benzene rings is 1. The van der Waals surface area contributed by atoms with E-state index in [2.05, 4.69) is 5.32 Å². The van der Waals surface area contributed by atoms with Gasteiger partial charge in [-0.05, 0) is 30.5 Å². The number of hydrogen-bond acceptors (Lipinski definition) is 2. The van der Waals surface area contributed by atoms with Crippen LogP contribution in [0.2, 0.25) is 0 Å². The van der Waals surface area contributed by atoms with Crippen LogP contribution in [0.5, 0.6) is 0 Å². The standard InChI is InChI=1S/C12H15FN2O/c1-7-4-8(2-3-10(7)13)11-5-9(14)6-12(16)15-11/h2-4,9,11H,5-6,14H2,1H3,(H,15,16). The largest absolute Gasteiger partial charge is 0.349 e. The minimum Gasteiger partial charge on any atom is -0.349 e. The molecule has 86 valence electrons. The molecule has 0 aromatic heterocycles. The van der Waals surface area contributed by atoms with Crippen LogP contribution in [0.25, 0.3) is 0 Å². The Morgan fingerprint density at radius 3 is 2.88 bits per heavy atom. The maximum Gasteiger partial charge on any atom is 0.222 e. The van der Waals surface area contributed by atoms with Gasteiger partial charge in [0.05, 0.1) is 6.04 Å². The Morgan fingerprint density at radius 2 is 2.25 bits per heavy atom. The van der Waals surface area contributed by atoms with Gasteiger partial charge < -0.3 is 11.1 Å². The highest BCUT2D eigenvalue weighted by atomic mass is 19.1. The lowest BCUT2D eigenvalue weighted by molar-refractivity contribution is -0.123. The lowest BCUT2D eigenvalue weighted by Crippen LogP contribution is -2.42. The Hall–Kier alpha value is -1.42. The predicted molar refractivity (Wildman–Crippen MR) is 59.2 cm³/mol. The second-order valence-electron chi connectivity index (χ2n) is 4.33. The molecule has 1 fully saturated rings. The van der Waals surface area contributed by atoms with E-state index in [-0.39, 0.29) is 23.8 Å². The smallest absolute Gasteiger partial charge is 0.222 e. The minimum absolute atomic E-state index is 0.0364. The van der Waals surface area contributed by atoms with Gasteiger partial charge in [0.15, 0.2) is 0 Å². The SMILES string of the molecule is Cc1cc(C2CC(N)CC(=O)N2)ccc1F. The van der Waals surface area contributed by atoms with Gasteiger partial charge in [-0.2, -0.15) is 0 Å². The fraction of sp³-hybridized carbons (Fsp3) is 0.417. The zero-order chi connectivity index (χ0) is 11.7. The van der Waals surface area contributed by atoms with Gasteiger partial charge in [0, 0.05) is 12.5 Å². The number of aryl methyl sites for hydroxylation is 1. The normalized spacial score (nSPS) is 25.3. The summed E-state index contributed by atoms with van der Waals surface area (Å²) >= 11 is 0. The topological polar surface area (TPSA) is 55.1 Å². The van der Waals surface area contributed by atoms with E-state index in [1.807, 2.05) is 0 Å². The number of carbonyl (C=O) groups is 1. The highest BCUT2D eigenvalue weighted by Crippen LogP contribution is 2.24. The summed E-state index contributed by atoms with van der Waals surface area (Å²) in [6.07, 6.45) is 1.08. The first-order valence-corrected chi connectivity index (χ1v) is 5.37. The molecule has 1 heterocycles. The molecule has 2 atom stereocenters. The molecular weight excluding hydrogens is 207 g/mol. The first kappa shape index (κ1) is 11.1. The maximum absolute atomic E-state index is 13.1. The van der Waals surface area contributed by atoms with Crippen molar-refractivity contribution in [1.29, 1.82) is 0 Å². The lowest BCUT2D eigenvalue weighted by atomic mass is 9.93. The zero-order valence-electron chi connectivity index (χ0n) is 9.16. The first-order valence-electron chi connectivity index (χ1n) is 5.37. The molecule has 2 rings (SSSR count). The highest BCUT2D eigenvalue weighted by molar-refractivity contribution is 5.78. The Bertz CT molecular complexity index is 419. The van der Waals surface area contributed by atoms with Gasteiger partial charge in [0.1, 0.15) is 5.82 Å². The summed E-state index contributed by atoms with van der Waals surface area (Å²) in [6.45, 7) is 1.71. The monoisotopic (exact) mass is 222 g/mol. The summed E-state index contributed by atoms with van der Waals surface area (Å²) in [4.78, 5) is 11.3. The second kappa shape index (κ2) is 4.22. The number of carbonyl (C=O) groups excluding carboxylic acids is 1. The molecule has 16 heavy (non-hydrogen) atoms. The van der Waals surface area contributed by atoms with Crippen LogP contribution < -0.4 is 11.1 Å². The zero-order valence-corrected chi connectivity index (χ0v) is 9.16. The average Bonchev–Trinajstić information content (AvgIpc) is 2.20. The van der Waals surface area contributed by atoms with Crippen molar-refractivity contribution in [3.63, 3.8) is 0 Å². The van der Waals surface area contributed by atoms with Gasteiger partial charge in [-0.15, -0.1) is 0 Å². The molecule has 3 N–H and O–H groups in total. The van der Waals surface area contributed by atoms with E-state index < -0.39 is 0 Å². The molecule has 1 aliphatic heterocycles. The molecule has 1 aliphatic rings. The van der Waals surface area contributed by atoms with Crippen LogP contribution in [0.3, 0.4) is 0 Å². The van der Waals surface area contributed by atoms with E-state index in [0.29, 0.717) is 18.4 Å². The number of hydrogen-bond donors (Lipinski definition) is 2. The van der Waals surface area contributed by atoms with Crippen LogP contribution in [0.4, 0.5) is 4.39 Å². The molecule has 1 amide bonds. The van der Waals surface area contributed by atoms with Crippen molar-refractivity contribution in [3.05, 3.63) is 35.1 Å². The molecule has 0 bridgehead atoms. The summed E-state index contributed by atoms with van der Waals surface area (Å²) in [5.74, 6) is -0.263. The summed E-state index contributed by atoms with van der Waals surface area (Å²) in [6, 6.07) is 4.69. The van der Waals surface area contributed by atoms with Crippen LogP contribution in [-0.4, -0.2) is 11.9 Å². The van der Waals surface area contributed by atoms with Crippen molar-refractivity contribution in [2.75, 3.05) is 0 Å². The molecule has 0 radical (unpaired) electrons. The summed E-state index contributed by atoms with van der Waals surface area (Å²) in [7, 11) is 0. The van der Waals surface area contributed by atoms with E-state index in [0.717, 1.165) is 5.56 Å². The Morgan fingerprint density at radius 1 is 1.50 bits per heavy atom. The molecule has 2 unspecified atom stereocenters. The van der Waals surface area contributed by atoms with Crippen molar-refractivity contribution in [3.8, 4) is 0 Å². The van der Waals surface area contributed by atoms with Gasteiger partial charge in [-0.1, -0.05) is 12.1 Å². The summed E-state index contributed by atoms with van der Waals surface area (Å²) in [5.41, 5.74) is 7.29. The van der Waals surface area contributed by atoms with Crippen LogP contribution in [0, 0.1) is 12.7 Å². The highest BCUT2D eigenvalue weighted by Gasteiger charge is 2.25. The number of rotatable bonds is 1. The second-order valence-corrected chi connectivity index (χ2v) is 4.33. The van der Waals surface area contributed by atoms with Gasteiger partial charge in [0.25, 0.3) is 0 Å². The van der Waals surface area contributed by atoms with E-state index in [4.69, 9.17) is 5.73 Å². The predicted octanol–water partition coefficient (Wildman–Crippen LogP) is 1.41. The molecule has 1 aromatic rings. The van der Waals surface area contributed by atoms with Gasteiger partial charge in [0.2, 0.25) is 5.91 Å². The van der Waals surface area contributed by atoms with Gasteiger partial charge in [-0.25, -0.2) is 4.39 Å². The van der Waals surface area contributed by atoms with Gasteiger partial charge >= 0.3 is 0 Å². The van der Waals surface area contributed by atoms with Crippen molar-refractivity contribution < 1.29 is 9.18 Å². The maximum atomic E-state index is 13.1. The molecule has 0 saturated carbocycles. The fourth-order valence-electron chi connectivity index (χ4n) is 2.04. The van der Waals surface area contributed by atoms with E-state index >= 15 is 0 Å². The quantitative estimate of drug-likeness (QED) is 0.755. The molecule has 1 saturated heterocycles. The fourth-order valence-corrected chi connectivity index (χ4v) is 2.04. The van der Waals surface area contributed by atoms with Crippen LogP contribution in [0.15, 0.2) is 18.2 Å². The number of nitrogens with one attached hydrogen (secondary N) is 1.